The first-order chi connectivity index (χ1) is 16.0. The molecule has 186 valence electrons. The Kier molecular flexibility index (Phi) is 8.30. The molecular formula is C25H37N5O3S. The Morgan fingerprint density at radius 1 is 1.00 bits per heavy atom. The van der Waals surface area contributed by atoms with Crippen LogP contribution in [0.3, 0.4) is 0 Å². The summed E-state index contributed by atoms with van der Waals surface area (Å²) in [6, 6.07) is 7.83. The Balaban J connectivity index is 1.71. The molecule has 9 heteroatoms. The molecule has 2 heterocycles. The van der Waals surface area contributed by atoms with E-state index in [1.807, 2.05) is 33.8 Å². The van der Waals surface area contributed by atoms with E-state index in [2.05, 4.69) is 28.5 Å². The fourth-order valence-corrected chi connectivity index (χ4v) is 5.22. The van der Waals surface area contributed by atoms with Gasteiger partial charge in [-0.25, -0.2) is 18.4 Å². The molecule has 1 amide bonds. The second-order valence-corrected chi connectivity index (χ2v) is 11.5. The molecule has 1 aliphatic heterocycles. The number of carbonyl (C=O) groups is 1. The maximum atomic E-state index is 13.4. The van der Waals surface area contributed by atoms with Gasteiger partial charge in [-0.1, -0.05) is 45.4 Å². The van der Waals surface area contributed by atoms with Gasteiger partial charge in [0.15, 0.2) is 0 Å². The Morgan fingerprint density at radius 3 is 2.18 bits per heavy atom. The molecular weight excluding hydrogens is 450 g/mol. The van der Waals surface area contributed by atoms with Crippen LogP contribution in [0.15, 0.2) is 35.2 Å². The Bertz CT molecular complexity index is 1090. The number of aromatic nitrogens is 2. The molecule has 1 aromatic heterocycles. The molecule has 0 radical (unpaired) electrons. The van der Waals surface area contributed by atoms with E-state index >= 15 is 0 Å². The van der Waals surface area contributed by atoms with E-state index in [0.717, 1.165) is 22.9 Å². The summed E-state index contributed by atoms with van der Waals surface area (Å²) in [5, 5.41) is 0. The normalized spacial score (nSPS) is 15.8. The van der Waals surface area contributed by atoms with Gasteiger partial charge in [0.2, 0.25) is 15.9 Å². The van der Waals surface area contributed by atoms with Crippen LogP contribution in [0.2, 0.25) is 0 Å². The lowest BCUT2D eigenvalue weighted by atomic mass is 10.0. The summed E-state index contributed by atoms with van der Waals surface area (Å²) in [7, 11) is -3.80. The summed E-state index contributed by atoms with van der Waals surface area (Å²) in [6.45, 7) is 14.3. The topological polar surface area (TPSA) is 95.5 Å². The summed E-state index contributed by atoms with van der Waals surface area (Å²) in [4.78, 5) is 26.7. The van der Waals surface area contributed by atoms with Crippen molar-refractivity contribution in [3.8, 4) is 0 Å². The third kappa shape index (κ3) is 6.54. The molecule has 1 unspecified atom stereocenters. The monoisotopic (exact) mass is 487 g/mol. The molecule has 1 fully saturated rings. The Morgan fingerprint density at radius 2 is 1.62 bits per heavy atom. The van der Waals surface area contributed by atoms with E-state index in [1.165, 1.54) is 0 Å². The van der Waals surface area contributed by atoms with Crippen LogP contribution in [-0.2, 0) is 14.8 Å². The smallest absolute Gasteiger partial charge is 0.241 e. The van der Waals surface area contributed by atoms with E-state index in [0.29, 0.717) is 32.6 Å². The predicted octanol–water partition coefficient (Wildman–Crippen LogP) is 3.26. The summed E-state index contributed by atoms with van der Waals surface area (Å²) in [5.41, 5.74) is 1.90. The number of piperazine rings is 1. The average molecular weight is 488 g/mol. The van der Waals surface area contributed by atoms with Crippen LogP contribution in [-0.4, -0.2) is 61.4 Å². The lowest BCUT2D eigenvalue weighted by Crippen LogP contribution is -2.55. The second-order valence-electron chi connectivity index (χ2n) is 9.81. The van der Waals surface area contributed by atoms with Crippen molar-refractivity contribution < 1.29 is 13.2 Å². The molecule has 2 aromatic rings. The number of benzene rings is 1. The van der Waals surface area contributed by atoms with Gasteiger partial charge < -0.3 is 9.80 Å². The quantitative estimate of drug-likeness (QED) is 0.614. The number of sulfonamides is 1. The highest BCUT2D eigenvalue weighted by atomic mass is 32.2. The molecule has 0 aliphatic carbocycles. The van der Waals surface area contributed by atoms with Crippen LogP contribution >= 0.6 is 0 Å². The Hall–Kier alpha value is -2.52. The molecule has 0 bridgehead atoms. The number of anilines is 1. The molecule has 1 aromatic carbocycles. The minimum absolute atomic E-state index is 0.161. The SMILES string of the molecule is Cc1ccc(S(=O)(=O)NC(CC(C)C)C(=O)N2CCN(c3cc(C)nc(C(C)C)n3)CC2)cc1. The summed E-state index contributed by atoms with van der Waals surface area (Å²) < 4.78 is 28.6. The number of amides is 1. The molecule has 1 aliphatic rings. The number of carbonyl (C=O) groups excluding carboxylic acids is 1. The van der Waals surface area contributed by atoms with Crippen LogP contribution in [0.5, 0.6) is 0 Å². The molecule has 1 saturated heterocycles. The standard InChI is InChI=1S/C25H37N5O3S/c1-17(2)15-22(28-34(32,33)21-9-7-19(5)8-10-21)25(31)30-13-11-29(12-14-30)23-16-20(6)26-24(27-23)18(3)4/h7-10,16-18,22,28H,11-15H2,1-6H3. The minimum Gasteiger partial charge on any atom is -0.353 e. The lowest BCUT2D eigenvalue weighted by Gasteiger charge is -2.37. The van der Waals surface area contributed by atoms with E-state index in [4.69, 9.17) is 4.98 Å². The second kappa shape index (κ2) is 10.8. The highest BCUT2D eigenvalue weighted by Gasteiger charge is 2.32. The van der Waals surface area contributed by atoms with Gasteiger partial charge in [-0.3, -0.25) is 4.79 Å². The van der Waals surface area contributed by atoms with E-state index in [9.17, 15) is 13.2 Å². The fraction of sp³-hybridized carbons (Fsp3) is 0.560. The van der Waals surface area contributed by atoms with Crippen LogP contribution in [0.25, 0.3) is 0 Å². The van der Waals surface area contributed by atoms with E-state index in [-0.39, 0.29) is 22.6 Å². The first-order valence-electron chi connectivity index (χ1n) is 11.9. The van der Waals surface area contributed by atoms with Crippen molar-refractivity contribution in [1.29, 1.82) is 0 Å². The number of rotatable bonds is 8. The average Bonchev–Trinajstić information content (AvgIpc) is 2.77. The number of nitrogens with zero attached hydrogens (tertiary/aromatic N) is 4. The van der Waals surface area contributed by atoms with Gasteiger partial charge in [0.1, 0.15) is 17.7 Å². The van der Waals surface area contributed by atoms with E-state index < -0.39 is 16.1 Å². The molecule has 3 rings (SSSR count). The van der Waals surface area contributed by atoms with Crippen LogP contribution in [0, 0.1) is 19.8 Å². The summed E-state index contributed by atoms with van der Waals surface area (Å²) >= 11 is 0. The number of nitrogens with one attached hydrogen (secondary N) is 1. The van der Waals surface area contributed by atoms with Gasteiger partial charge in [0.05, 0.1) is 4.90 Å². The molecule has 0 saturated carbocycles. The van der Waals surface area contributed by atoms with Crippen molar-refractivity contribution in [3.63, 3.8) is 0 Å². The maximum Gasteiger partial charge on any atom is 0.241 e. The van der Waals surface area contributed by atoms with Gasteiger partial charge >= 0.3 is 0 Å². The lowest BCUT2D eigenvalue weighted by molar-refractivity contribution is -0.133. The first kappa shape index (κ1) is 26.1. The van der Waals surface area contributed by atoms with Crippen molar-refractivity contribution in [2.24, 2.45) is 5.92 Å². The van der Waals surface area contributed by atoms with Gasteiger partial charge in [0.25, 0.3) is 0 Å². The third-order valence-corrected chi connectivity index (χ3v) is 7.41. The molecule has 1 atom stereocenters. The number of hydrogen-bond donors (Lipinski definition) is 1. The first-order valence-corrected chi connectivity index (χ1v) is 13.4. The highest BCUT2D eigenvalue weighted by Crippen LogP contribution is 2.20. The maximum absolute atomic E-state index is 13.4. The predicted molar refractivity (Wildman–Crippen MR) is 134 cm³/mol. The highest BCUT2D eigenvalue weighted by molar-refractivity contribution is 7.89. The fourth-order valence-electron chi connectivity index (χ4n) is 4.01. The zero-order valence-corrected chi connectivity index (χ0v) is 21.9. The van der Waals surface area contributed by atoms with Gasteiger partial charge in [-0.2, -0.15) is 4.72 Å². The number of aryl methyl sites for hydroxylation is 2. The van der Waals surface area contributed by atoms with Crippen LogP contribution in [0.1, 0.15) is 57.1 Å². The van der Waals surface area contributed by atoms with Crippen molar-refractivity contribution in [1.82, 2.24) is 19.6 Å². The third-order valence-electron chi connectivity index (χ3n) is 5.92. The van der Waals surface area contributed by atoms with Crippen molar-refractivity contribution >= 4 is 21.7 Å². The van der Waals surface area contributed by atoms with Gasteiger partial charge in [-0.05, 0) is 38.3 Å². The Labute approximate surface area is 203 Å². The van der Waals surface area contributed by atoms with Crippen molar-refractivity contribution in [2.75, 3.05) is 31.1 Å². The zero-order valence-electron chi connectivity index (χ0n) is 21.1. The molecule has 0 spiro atoms. The summed E-state index contributed by atoms with van der Waals surface area (Å²) in [5.74, 6) is 1.91. The van der Waals surface area contributed by atoms with Gasteiger partial charge in [-0.15, -0.1) is 0 Å². The molecule has 34 heavy (non-hydrogen) atoms. The number of hydrogen-bond acceptors (Lipinski definition) is 6. The minimum atomic E-state index is -3.80. The van der Waals surface area contributed by atoms with Crippen LogP contribution < -0.4 is 9.62 Å². The van der Waals surface area contributed by atoms with Gasteiger partial charge in [0, 0.05) is 43.9 Å². The van der Waals surface area contributed by atoms with Crippen LogP contribution in [0.4, 0.5) is 5.82 Å². The van der Waals surface area contributed by atoms with Crippen molar-refractivity contribution in [3.05, 3.63) is 47.4 Å². The zero-order chi connectivity index (χ0) is 25.0. The largest absolute Gasteiger partial charge is 0.353 e. The van der Waals surface area contributed by atoms with Crippen molar-refractivity contribution in [2.45, 2.75) is 64.8 Å². The van der Waals surface area contributed by atoms with E-state index in [1.54, 1.807) is 29.2 Å². The molecule has 1 N–H and O–H groups in total. The summed E-state index contributed by atoms with van der Waals surface area (Å²) in [6.07, 6.45) is 0.437. The molecule has 8 nitrogen and oxygen atoms in total.